The maximum atomic E-state index is 5.53. The van der Waals surface area contributed by atoms with Crippen molar-refractivity contribution in [2.75, 3.05) is 7.11 Å². The van der Waals surface area contributed by atoms with Crippen LogP contribution in [-0.2, 0) is 6.42 Å². The summed E-state index contributed by atoms with van der Waals surface area (Å²) in [5.41, 5.74) is 4.09. The predicted octanol–water partition coefficient (Wildman–Crippen LogP) is 4.03. The molecule has 0 heterocycles. The zero-order valence-corrected chi connectivity index (χ0v) is 12.1. The van der Waals surface area contributed by atoms with Gasteiger partial charge >= 0.3 is 0 Å². The summed E-state index contributed by atoms with van der Waals surface area (Å²) in [4.78, 5) is 0. The van der Waals surface area contributed by atoms with Crippen molar-refractivity contribution in [3.05, 3.63) is 65.2 Å². The van der Waals surface area contributed by atoms with Gasteiger partial charge in [0.25, 0.3) is 0 Å². The summed E-state index contributed by atoms with van der Waals surface area (Å²) in [6, 6.07) is 17.7. The molecule has 0 spiro atoms. The first-order valence-corrected chi connectivity index (χ1v) is 7.26. The number of hydrogen-bond acceptors (Lipinski definition) is 2. The summed E-state index contributed by atoms with van der Waals surface area (Å²) in [6.07, 6.45) is 2.28. The summed E-state index contributed by atoms with van der Waals surface area (Å²) in [5, 5.41) is 3.75. The van der Waals surface area contributed by atoms with Gasteiger partial charge in [0.2, 0.25) is 0 Å². The standard InChI is InChI=1S/C18H21NO/c1-13(14-7-4-3-5-8-14)19-16-12-11-15-9-6-10-17(20-2)18(15)16/h3-10,13,16,19H,11-12H2,1-2H3/t13-,16-/m0/s1. The van der Waals surface area contributed by atoms with Crippen LogP contribution in [0, 0.1) is 0 Å². The van der Waals surface area contributed by atoms with Crippen molar-refractivity contribution in [1.29, 1.82) is 0 Å². The number of nitrogens with one attached hydrogen (secondary N) is 1. The van der Waals surface area contributed by atoms with E-state index in [1.165, 1.54) is 16.7 Å². The number of fused-ring (bicyclic) bond motifs is 1. The van der Waals surface area contributed by atoms with Gasteiger partial charge in [-0.25, -0.2) is 0 Å². The van der Waals surface area contributed by atoms with Gasteiger partial charge in [-0.05, 0) is 37.0 Å². The Balaban J connectivity index is 1.82. The number of hydrogen-bond donors (Lipinski definition) is 1. The first-order valence-electron chi connectivity index (χ1n) is 7.26. The van der Waals surface area contributed by atoms with Crippen molar-refractivity contribution in [2.24, 2.45) is 0 Å². The molecule has 20 heavy (non-hydrogen) atoms. The van der Waals surface area contributed by atoms with Crippen molar-refractivity contribution in [3.8, 4) is 5.75 Å². The molecule has 2 nitrogen and oxygen atoms in total. The molecule has 1 aliphatic carbocycles. The fourth-order valence-corrected chi connectivity index (χ4v) is 3.13. The van der Waals surface area contributed by atoms with Crippen LogP contribution < -0.4 is 10.1 Å². The third-order valence-corrected chi connectivity index (χ3v) is 4.18. The fraction of sp³-hybridized carbons (Fsp3) is 0.333. The Morgan fingerprint density at radius 1 is 1.10 bits per heavy atom. The SMILES string of the molecule is COc1cccc2c1[C@@H](N[C@@H](C)c1ccccc1)CC2. The summed E-state index contributed by atoms with van der Waals surface area (Å²) in [5.74, 6) is 1.01. The third-order valence-electron chi connectivity index (χ3n) is 4.18. The molecule has 2 aromatic rings. The molecule has 0 fully saturated rings. The summed E-state index contributed by atoms with van der Waals surface area (Å²) >= 11 is 0. The molecular formula is C18H21NO. The highest BCUT2D eigenvalue weighted by Gasteiger charge is 2.27. The van der Waals surface area contributed by atoms with Gasteiger partial charge in [-0.1, -0.05) is 42.5 Å². The average Bonchev–Trinajstić information content (AvgIpc) is 2.91. The van der Waals surface area contributed by atoms with Crippen LogP contribution >= 0.6 is 0 Å². The third kappa shape index (κ3) is 2.44. The van der Waals surface area contributed by atoms with Crippen LogP contribution in [0.25, 0.3) is 0 Å². The van der Waals surface area contributed by atoms with Crippen LogP contribution in [0.3, 0.4) is 0 Å². The van der Waals surface area contributed by atoms with E-state index in [2.05, 4.69) is 60.8 Å². The van der Waals surface area contributed by atoms with Crippen molar-refractivity contribution < 1.29 is 4.74 Å². The summed E-state index contributed by atoms with van der Waals surface area (Å²) in [7, 11) is 1.76. The highest BCUT2D eigenvalue weighted by Crippen LogP contribution is 2.38. The van der Waals surface area contributed by atoms with E-state index < -0.39 is 0 Å². The second-order valence-electron chi connectivity index (χ2n) is 5.42. The van der Waals surface area contributed by atoms with Crippen LogP contribution in [-0.4, -0.2) is 7.11 Å². The van der Waals surface area contributed by atoms with E-state index in [4.69, 9.17) is 4.74 Å². The van der Waals surface area contributed by atoms with Gasteiger partial charge in [0.15, 0.2) is 0 Å². The normalized spacial score (nSPS) is 18.6. The Kier molecular flexibility index (Phi) is 3.75. The van der Waals surface area contributed by atoms with E-state index in [0.717, 1.165) is 18.6 Å². The zero-order chi connectivity index (χ0) is 13.9. The molecule has 0 saturated heterocycles. The van der Waals surface area contributed by atoms with Crippen LogP contribution in [0.5, 0.6) is 5.75 Å². The molecule has 0 bridgehead atoms. The molecule has 2 aromatic carbocycles. The molecule has 0 saturated carbocycles. The average molecular weight is 267 g/mol. The maximum absolute atomic E-state index is 5.53. The fourth-order valence-electron chi connectivity index (χ4n) is 3.13. The number of aryl methyl sites for hydroxylation is 1. The Morgan fingerprint density at radius 3 is 2.65 bits per heavy atom. The van der Waals surface area contributed by atoms with Gasteiger partial charge in [-0.3, -0.25) is 0 Å². The van der Waals surface area contributed by atoms with Crippen molar-refractivity contribution >= 4 is 0 Å². The van der Waals surface area contributed by atoms with Crippen LogP contribution in [0.4, 0.5) is 0 Å². The first-order chi connectivity index (χ1) is 9.79. The lowest BCUT2D eigenvalue weighted by Crippen LogP contribution is -2.23. The second-order valence-corrected chi connectivity index (χ2v) is 5.42. The molecule has 0 radical (unpaired) electrons. The number of methoxy groups -OCH3 is 1. The number of benzene rings is 2. The number of rotatable bonds is 4. The minimum Gasteiger partial charge on any atom is -0.496 e. The van der Waals surface area contributed by atoms with Crippen molar-refractivity contribution in [1.82, 2.24) is 5.32 Å². The molecule has 104 valence electrons. The lowest BCUT2D eigenvalue weighted by Gasteiger charge is -2.22. The van der Waals surface area contributed by atoms with E-state index in [9.17, 15) is 0 Å². The zero-order valence-electron chi connectivity index (χ0n) is 12.1. The maximum Gasteiger partial charge on any atom is 0.123 e. The van der Waals surface area contributed by atoms with Gasteiger partial charge in [-0.15, -0.1) is 0 Å². The minimum absolute atomic E-state index is 0.345. The van der Waals surface area contributed by atoms with Crippen LogP contribution in [0.1, 0.15) is 42.1 Å². The van der Waals surface area contributed by atoms with Crippen molar-refractivity contribution in [3.63, 3.8) is 0 Å². The van der Waals surface area contributed by atoms with Gasteiger partial charge in [0.05, 0.1) is 7.11 Å². The smallest absolute Gasteiger partial charge is 0.123 e. The van der Waals surface area contributed by atoms with Crippen LogP contribution in [0.15, 0.2) is 48.5 Å². The van der Waals surface area contributed by atoms with Crippen LogP contribution in [0.2, 0.25) is 0 Å². The first kappa shape index (κ1) is 13.2. The molecule has 0 aliphatic heterocycles. The molecule has 0 aromatic heterocycles. The largest absolute Gasteiger partial charge is 0.496 e. The quantitative estimate of drug-likeness (QED) is 0.903. The lowest BCUT2D eigenvalue weighted by molar-refractivity contribution is 0.394. The highest BCUT2D eigenvalue weighted by atomic mass is 16.5. The molecule has 2 heteroatoms. The summed E-state index contributed by atoms with van der Waals surface area (Å²) < 4.78 is 5.53. The van der Waals surface area contributed by atoms with E-state index in [-0.39, 0.29) is 0 Å². The van der Waals surface area contributed by atoms with Gasteiger partial charge < -0.3 is 10.1 Å². The lowest BCUT2D eigenvalue weighted by atomic mass is 10.0. The monoisotopic (exact) mass is 267 g/mol. The molecule has 1 N–H and O–H groups in total. The molecule has 0 unspecified atom stereocenters. The minimum atomic E-state index is 0.345. The molecule has 1 aliphatic rings. The highest BCUT2D eigenvalue weighted by molar-refractivity contribution is 5.45. The Hall–Kier alpha value is -1.80. The number of ether oxygens (including phenoxy) is 1. The Bertz CT molecular complexity index is 579. The molecule has 2 atom stereocenters. The van der Waals surface area contributed by atoms with Gasteiger partial charge in [-0.2, -0.15) is 0 Å². The van der Waals surface area contributed by atoms with E-state index in [0.29, 0.717) is 12.1 Å². The topological polar surface area (TPSA) is 21.3 Å². The van der Waals surface area contributed by atoms with E-state index >= 15 is 0 Å². The van der Waals surface area contributed by atoms with Gasteiger partial charge in [0.1, 0.15) is 5.75 Å². The summed E-state index contributed by atoms with van der Waals surface area (Å²) in [6.45, 7) is 2.22. The Morgan fingerprint density at radius 2 is 1.90 bits per heavy atom. The molecule has 0 amide bonds. The molecule has 3 rings (SSSR count). The predicted molar refractivity (Wildman–Crippen MR) is 82.0 cm³/mol. The van der Waals surface area contributed by atoms with E-state index in [1.54, 1.807) is 7.11 Å². The Labute approximate surface area is 120 Å². The van der Waals surface area contributed by atoms with Crippen molar-refractivity contribution in [2.45, 2.75) is 31.8 Å². The van der Waals surface area contributed by atoms with E-state index in [1.807, 2.05) is 0 Å². The molecular weight excluding hydrogens is 246 g/mol. The van der Waals surface area contributed by atoms with Gasteiger partial charge in [0, 0.05) is 17.6 Å². The second kappa shape index (κ2) is 5.68.